The summed E-state index contributed by atoms with van der Waals surface area (Å²) in [6.45, 7) is 12.6. The van der Waals surface area contributed by atoms with Gasteiger partial charge in [0.2, 0.25) is 0 Å². The zero-order valence-corrected chi connectivity index (χ0v) is 21.9. The summed E-state index contributed by atoms with van der Waals surface area (Å²) in [6, 6.07) is 20.1. The van der Waals surface area contributed by atoms with Crippen LogP contribution >= 0.6 is 0 Å². The number of fused-ring (bicyclic) bond motifs is 1. The van der Waals surface area contributed by atoms with Crippen LogP contribution in [0.1, 0.15) is 31.9 Å². The Kier molecular flexibility index (Phi) is 13.2. The smallest absolute Gasteiger partial charge is 1.00 e. The van der Waals surface area contributed by atoms with Crippen LogP contribution in [0.2, 0.25) is 13.1 Å². The fourth-order valence-electron chi connectivity index (χ4n) is 2.79. The summed E-state index contributed by atoms with van der Waals surface area (Å²) < 4.78 is 0. The quantitative estimate of drug-likeness (QED) is 0.372. The largest absolute Gasteiger partial charge is 3.00 e. The Labute approximate surface area is 197 Å². The van der Waals surface area contributed by atoms with E-state index in [9.17, 15) is 0 Å². The summed E-state index contributed by atoms with van der Waals surface area (Å²) in [5.41, 5.74) is 5.55. The van der Waals surface area contributed by atoms with Crippen LogP contribution in [-0.2, 0) is 31.6 Å². The summed E-state index contributed by atoms with van der Waals surface area (Å²) in [4.78, 5) is 8.16. The second kappa shape index (κ2) is 12.3. The molecule has 144 valence electrons. The molecule has 0 aromatic heterocycles. The summed E-state index contributed by atoms with van der Waals surface area (Å²) in [7, 11) is -0.880. The molecule has 1 N–H and O–H groups in total. The van der Waals surface area contributed by atoms with Gasteiger partial charge in [-0.2, -0.15) is 6.07 Å². The Bertz CT molecular complexity index is 803. The van der Waals surface area contributed by atoms with E-state index in [0.29, 0.717) is 0 Å². The average Bonchev–Trinajstić information content (AvgIpc) is 2.86. The van der Waals surface area contributed by atoms with Crippen LogP contribution in [-0.4, -0.2) is 13.8 Å². The molecule has 0 amide bonds. The normalized spacial score (nSPS) is 10.2. The SMILES string of the molecule is C[Si](C)O.Cc1cc2c(-c3ccc(C(C)(C)C)cc3)cccc2[cH-]1.[Cl-].[Cl-].[Zr+3]. The molecule has 3 rings (SSSR count). The van der Waals surface area contributed by atoms with Crippen molar-refractivity contribution in [3.8, 4) is 11.1 Å². The molecule has 0 aliphatic heterocycles. The van der Waals surface area contributed by atoms with E-state index in [4.69, 9.17) is 4.80 Å². The minimum Gasteiger partial charge on any atom is -1.00 e. The number of aryl methyl sites for hydroxylation is 1. The van der Waals surface area contributed by atoms with Gasteiger partial charge in [0.25, 0.3) is 0 Å². The minimum atomic E-state index is -0.880. The van der Waals surface area contributed by atoms with Gasteiger partial charge in [-0.1, -0.05) is 63.6 Å². The van der Waals surface area contributed by atoms with Gasteiger partial charge in [-0.15, -0.1) is 34.5 Å². The van der Waals surface area contributed by atoms with Gasteiger partial charge in [0.05, 0.1) is 0 Å². The topological polar surface area (TPSA) is 20.2 Å². The number of benzene rings is 2. The molecule has 5 heteroatoms. The van der Waals surface area contributed by atoms with Crippen LogP contribution in [0, 0.1) is 6.92 Å². The van der Waals surface area contributed by atoms with Crippen molar-refractivity contribution >= 4 is 19.8 Å². The third kappa shape index (κ3) is 8.30. The van der Waals surface area contributed by atoms with Gasteiger partial charge in [-0.05, 0) is 29.6 Å². The van der Waals surface area contributed by atoms with Crippen LogP contribution in [0.3, 0.4) is 0 Å². The Hall–Kier alpha value is -0.310. The summed E-state index contributed by atoms with van der Waals surface area (Å²) in [5.74, 6) is 0. The van der Waals surface area contributed by atoms with Gasteiger partial charge < -0.3 is 29.6 Å². The molecule has 0 aliphatic rings. The molecule has 0 saturated heterocycles. The molecule has 3 aromatic carbocycles. The zero-order valence-electron chi connectivity index (χ0n) is 16.9. The molecule has 0 saturated carbocycles. The zero-order chi connectivity index (χ0) is 17.9. The first kappa shape index (κ1) is 28.9. The Morgan fingerprint density at radius 1 is 0.926 bits per heavy atom. The molecule has 27 heavy (non-hydrogen) atoms. The first-order chi connectivity index (χ1) is 11.2. The van der Waals surface area contributed by atoms with Crippen molar-refractivity contribution in [3.05, 3.63) is 65.7 Å². The predicted molar refractivity (Wildman–Crippen MR) is 108 cm³/mol. The van der Waals surface area contributed by atoms with Crippen molar-refractivity contribution in [1.29, 1.82) is 0 Å². The molecule has 0 fully saturated rings. The molecule has 2 radical (unpaired) electrons. The molecular weight excluding hydrogens is 470 g/mol. The van der Waals surface area contributed by atoms with E-state index < -0.39 is 9.04 Å². The molecule has 0 unspecified atom stereocenters. The first-order valence-corrected chi connectivity index (χ1v) is 10.9. The number of hydrogen-bond acceptors (Lipinski definition) is 1. The average molecular weight is 499 g/mol. The Morgan fingerprint density at radius 3 is 1.93 bits per heavy atom. The maximum absolute atomic E-state index is 8.16. The third-order valence-electron chi connectivity index (χ3n) is 3.96. The fourth-order valence-corrected chi connectivity index (χ4v) is 2.79. The van der Waals surface area contributed by atoms with Gasteiger partial charge in [-0.3, -0.25) is 0 Å². The Balaban J connectivity index is 0. The van der Waals surface area contributed by atoms with Gasteiger partial charge in [0.1, 0.15) is 0 Å². The van der Waals surface area contributed by atoms with Crippen molar-refractivity contribution in [2.45, 2.75) is 46.2 Å². The van der Waals surface area contributed by atoms with Crippen LogP contribution in [0.25, 0.3) is 21.9 Å². The predicted octanol–water partition coefficient (Wildman–Crippen LogP) is 0.0669. The van der Waals surface area contributed by atoms with Crippen molar-refractivity contribution in [2.24, 2.45) is 0 Å². The van der Waals surface area contributed by atoms with Gasteiger partial charge in [0, 0.05) is 0 Å². The van der Waals surface area contributed by atoms with Gasteiger partial charge >= 0.3 is 26.2 Å². The van der Waals surface area contributed by atoms with E-state index in [1.807, 2.05) is 13.1 Å². The van der Waals surface area contributed by atoms with Crippen LogP contribution in [0.4, 0.5) is 0 Å². The van der Waals surface area contributed by atoms with Crippen LogP contribution in [0.5, 0.6) is 0 Å². The van der Waals surface area contributed by atoms with E-state index in [1.165, 1.54) is 33.0 Å². The molecule has 0 atom stereocenters. The molecule has 3 aromatic rings. The van der Waals surface area contributed by atoms with Crippen LogP contribution < -0.4 is 24.8 Å². The third-order valence-corrected chi connectivity index (χ3v) is 3.96. The summed E-state index contributed by atoms with van der Waals surface area (Å²) >= 11 is 0. The van der Waals surface area contributed by atoms with E-state index in [1.54, 1.807) is 0 Å². The van der Waals surface area contributed by atoms with Crippen molar-refractivity contribution in [3.63, 3.8) is 0 Å². The molecule has 0 spiro atoms. The van der Waals surface area contributed by atoms with Gasteiger partial charge in [0.15, 0.2) is 9.04 Å². The van der Waals surface area contributed by atoms with Crippen molar-refractivity contribution in [2.75, 3.05) is 0 Å². The maximum Gasteiger partial charge on any atom is 3.00 e. The van der Waals surface area contributed by atoms with Crippen molar-refractivity contribution in [1.82, 2.24) is 0 Å². The van der Waals surface area contributed by atoms with Gasteiger partial charge in [-0.25, -0.2) is 0 Å². The number of rotatable bonds is 1. The molecule has 0 heterocycles. The minimum absolute atomic E-state index is 0. The van der Waals surface area contributed by atoms with E-state index in [2.05, 4.69) is 82.3 Å². The van der Waals surface area contributed by atoms with Crippen LogP contribution in [0.15, 0.2) is 54.6 Å². The molecular formula is C22H28Cl2OSiZr. The maximum atomic E-state index is 8.16. The van der Waals surface area contributed by atoms with E-state index >= 15 is 0 Å². The number of halogens is 2. The standard InChI is InChI=1S/C20H21.C2H7OSi.2ClH.Zr/c1-14-12-16-6-5-7-18(19(16)13-14)15-8-10-17(11-9-15)20(2,3)4;1-4(2)3;;;/h5-13H,1-4H3;3H,1-2H3;2*1H;/q-1;;;;+3/p-2. The molecule has 0 bridgehead atoms. The van der Waals surface area contributed by atoms with E-state index in [0.717, 1.165) is 0 Å². The monoisotopic (exact) mass is 496 g/mol. The first-order valence-electron chi connectivity index (χ1n) is 8.44. The fraction of sp³-hybridized carbons (Fsp3) is 0.318. The molecule has 1 nitrogen and oxygen atoms in total. The Morgan fingerprint density at radius 2 is 1.44 bits per heavy atom. The second-order valence-electron chi connectivity index (χ2n) is 7.62. The van der Waals surface area contributed by atoms with Crippen molar-refractivity contribution < 1.29 is 55.8 Å². The van der Waals surface area contributed by atoms with E-state index in [-0.39, 0.29) is 56.4 Å². The second-order valence-corrected chi connectivity index (χ2v) is 9.51. The molecule has 0 aliphatic carbocycles. The summed E-state index contributed by atoms with van der Waals surface area (Å²) in [5, 5.41) is 2.69. The summed E-state index contributed by atoms with van der Waals surface area (Å²) in [6.07, 6.45) is 0. The number of hydrogen-bond donors (Lipinski definition) is 1.